The van der Waals surface area contributed by atoms with Crippen LogP contribution >= 0.6 is 0 Å². The zero-order valence-electron chi connectivity index (χ0n) is 13.4. The minimum Gasteiger partial charge on any atom is -0.444 e. The number of benzene rings is 1. The van der Waals surface area contributed by atoms with Gasteiger partial charge in [0.05, 0.1) is 12.6 Å². The number of aliphatic hydroxyl groups excluding tert-OH is 1. The smallest absolute Gasteiger partial charge is 0.411 e. The van der Waals surface area contributed by atoms with E-state index in [1.165, 1.54) is 29.2 Å². The van der Waals surface area contributed by atoms with Crippen LogP contribution in [0.4, 0.5) is 14.9 Å². The molecule has 1 aliphatic rings. The van der Waals surface area contributed by atoms with Gasteiger partial charge in [-0.15, -0.1) is 0 Å². The van der Waals surface area contributed by atoms with Crippen molar-refractivity contribution in [2.24, 2.45) is 0 Å². The fraction of sp³-hybridized carbons (Fsp3) is 0.500. The van der Waals surface area contributed by atoms with Crippen LogP contribution in [0.2, 0.25) is 0 Å². The zero-order valence-corrected chi connectivity index (χ0v) is 13.4. The molecule has 1 heterocycles. The van der Waals surface area contributed by atoms with Crippen molar-refractivity contribution in [2.75, 3.05) is 11.9 Å². The van der Waals surface area contributed by atoms with Gasteiger partial charge in [-0.25, -0.2) is 9.18 Å². The molecular formula is C16H21FN2O4. The summed E-state index contributed by atoms with van der Waals surface area (Å²) in [6.07, 6.45) is -1.30. The molecule has 1 aliphatic heterocycles. The molecule has 2 N–H and O–H groups in total. The number of rotatable bonds is 2. The van der Waals surface area contributed by atoms with Crippen molar-refractivity contribution in [1.82, 2.24) is 4.90 Å². The molecule has 6 nitrogen and oxygen atoms in total. The zero-order chi connectivity index (χ0) is 17.2. The third kappa shape index (κ3) is 4.66. The van der Waals surface area contributed by atoms with E-state index in [0.717, 1.165) is 0 Å². The lowest BCUT2D eigenvalue weighted by atomic mass is 10.2. The molecule has 0 saturated carbocycles. The van der Waals surface area contributed by atoms with Crippen LogP contribution in [0.15, 0.2) is 24.3 Å². The first-order chi connectivity index (χ1) is 10.7. The third-order valence-electron chi connectivity index (χ3n) is 3.32. The maximum absolute atomic E-state index is 12.9. The maximum atomic E-state index is 12.9. The van der Waals surface area contributed by atoms with Gasteiger partial charge in [-0.05, 0) is 45.0 Å². The first kappa shape index (κ1) is 17.2. The normalized spacial score (nSPS) is 21.2. The number of carbonyl (C=O) groups excluding carboxylic acids is 2. The van der Waals surface area contributed by atoms with Crippen molar-refractivity contribution in [1.29, 1.82) is 0 Å². The average molecular weight is 324 g/mol. The van der Waals surface area contributed by atoms with Crippen LogP contribution in [-0.4, -0.2) is 46.3 Å². The van der Waals surface area contributed by atoms with Gasteiger partial charge in [-0.2, -0.15) is 0 Å². The summed E-state index contributed by atoms with van der Waals surface area (Å²) in [5.74, 6) is -0.853. The minimum absolute atomic E-state index is 0.0381. The van der Waals surface area contributed by atoms with Crippen molar-refractivity contribution in [2.45, 2.75) is 44.9 Å². The number of hydrogen-bond acceptors (Lipinski definition) is 4. The van der Waals surface area contributed by atoms with Gasteiger partial charge in [-0.1, -0.05) is 0 Å². The van der Waals surface area contributed by atoms with E-state index in [0.29, 0.717) is 5.69 Å². The van der Waals surface area contributed by atoms with Crippen LogP contribution in [0.1, 0.15) is 27.2 Å². The van der Waals surface area contributed by atoms with Gasteiger partial charge in [0.15, 0.2) is 0 Å². The van der Waals surface area contributed by atoms with Gasteiger partial charge < -0.3 is 15.2 Å². The molecule has 2 amide bonds. The number of hydrogen-bond donors (Lipinski definition) is 2. The SMILES string of the molecule is CC(C)(C)OC(=O)N1C[C@@H](O)C[C@@H]1C(=O)Nc1ccc(F)cc1. The van der Waals surface area contributed by atoms with E-state index in [2.05, 4.69) is 5.32 Å². The Balaban J connectivity index is 2.07. The lowest BCUT2D eigenvalue weighted by molar-refractivity contribution is -0.120. The van der Waals surface area contributed by atoms with E-state index in [-0.39, 0.29) is 13.0 Å². The van der Waals surface area contributed by atoms with Crippen molar-refractivity contribution in [3.8, 4) is 0 Å². The van der Waals surface area contributed by atoms with Crippen molar-refractivity contribution in [3.05, 3.63) is 30.1 Å². The second-order valence-corrected chi connectivity index (χ2v) is 6.53. The topological polar surface area (TPSA) is 78.9 Å². The number of nitrogens with zero attached hydrogens (tertiary/aromatic N) is 1. The molecule has 1 aromatic rings. The van der Waals surface area contributed by atoms with Crippen LogP contribution in [0.3, 0.4) is 0 Å². The second-order valence-electron chi connectivity index (χ2n) is 6.53. The fourth-order valence-electron chi connectivity index (χ4n) is 2.34. The Morgan fingerprint density at radius 1 is 1.30 bits per heavy atom. The molecule has 0 spiro atoms. The largest absolute Gasteiger partial charge is 0.444 e. The van der Waals surface area contributed by atoms with Crippen LogP contribution in [0.5, 0.6) is 0 Å². The Morgan fingerprint density at radius 2 is 1.91 bits per heavy atom. The number of amides is 2. The van der Waals surface area contributed by atoms with E-state index >= 15 is 0 Å². The Labute approximate surface area is 134 Å². The number of likely N-dealkylation sites (tertiary alicyclic amines) is 1. The molecule has 0 aromatic heterocycles. The summed E-state index contributed by atoms with van der Waals surface area (Å²) in [4.78, 5) is 25.8. The number of β-amino-alcohol motifs (C(OH)–C–C–N with tert-alkyl or cyclic N) is 1. The van der Waals surface area contributed by atoms with E-state index in [1.54, 1.807) is 20.8 Å². The summed E-state index contributed by atoms with van der Waals surface area (Å²) >= 11 is 0. The molecule has 1 saturated heterocycles. The van der Waals surface area contributed by atoms with Crippen molar-refractivity contribution >= 4 is 17.7 Å². The van der Waals surface area contributed by atoms with Gasteiger partial charge >= 0.3 is 6.09 Å². The Morgan fingerprint density at radius 3 is 2.48 bits per heavy atom. The van der Waals surface area contributed by atoms with Gasteiger partial charge in [0.1, 0.15) is 17.5 Å². The highest BCUT2D eigenvalue weighted by Gasteiger charge is 2.40. The Kier molecular flexibility index (Phi) is 4.89. The summed E-state index contributed by atoms with van der Waals surface area (Å²) < 4.78 is 18.1. The van der Waals surface area contributed by atoms with Crippen molar-refractivity contribution < 1.29 is 23.8 Å². The van der Waals surface area contributed by atoms with Crippen LogP contribution in [-0.2, 0) is 9.53 Å². The first-order valence-corrected chi connectivity index (χ1v) is 7.40. The summed E-state index contributed by atoms with van der Waals surface area (Å²) in [5.41, 5.74) is -0.273. The average Bonchev–Trinajstić information content (AvgIpc) is 2.82. The number of ether oxygens (including phenoxy) is 1. The third-order valence-corrected chi connectivity index (χ3v) is 3.32. The highest BCUT2D eigenvalue weighted by atomic mass is 19.1. The lowest BCUT2D eigenvalue weighted by Crippen LogP contribution is -2.45. The highest BCUT2D eigenvalue weighted by Crippen LogP contribution is 2.22. The summed E-state index contributed by atoms with van der Waals surface area (Å²) in [6, 6.07) is 4.48. The van der Waals surface area contributed by atoms with E-state index in [1.807, 2.05) is 0 Å². The monoisotopic (exact) mass is 324 g/mol. The predicted molar refractivity (Wildman–Crippen MR) is 82.4 cm³/mol. The molecular weight excluding hydrogens is 303 g/mol. The highest BCUT2D eigenvalue weighted by molar-refractivity contribution is 5.97. The second kappa shape index (κ2) is 6.54. The number of carbonyl (C=O) groups is 2. The first-order valence-electron chi connectivity index (χ1n) is 7.40. The van der Waals surface area contributed by atoms with E-state index in [4.69, 9.17) is 4.74 Å². The number of anilines is 1. The summed E-state index contributed by atoms with van der Waals surface area (Å²) in [7, 11) is 0. The predicted octanol–water partition coefficient (Wildman–Crippen LogP) is 2.13. The van der Waals surface area contributed by atoms with Gasteiger partial charge in [-0.3, -0.25) is 9.69 Å². The van der Waals surface area contributed by atoms with Crippen LogP contribution < -0.4 is 5.32 Å². The van der Waals surface area contributed by atoms with E-state index in [9.17, 15) is 19.1 Å². The van der Waals surface area contributed by atoms with Gasteiger partial charge in [0.2, 0.25) is 5.91 Å². The number of aliphatic hydroxyl groups is 1. The quantitative estimate of drug-likeness (QED) is 0.873. The lowest BCUT2D eigenvalue weighted by Gasteiger charge is -2.27. The van der Waals surface area contributed by atoms with Gasteiger partial charge in [0.25, 0.3) is 0 Å². The van der Waals surface area contributed by atoms with Crippen LogP contribution in [0, 0.1) is 5.82 Å². The van der Waals surface area contributed by atoms with Crippen molar-refractivity contribution in [3.63, 3.8) is 0 Å². The van der Waals surface area contributed by atoms with E-state index < -0.39 is 35.6 Å². The molecule has 0 radical (unpaired) electrons. The molecule has 0 unspecified atom stereocenters. The molecule has 2 atom stereocenters. The van der Waals surface area contributed by atoms with Crippen LogP contribution in [0.25, 0.3) is 0 Å². The summed E-state index contributed by atoms with van der Waals surface area (Å²) in [5, 5.41) is 12.4. The molecule has 23 heavy (non-hydrogen) atoms. The molecule has 126 valence electrons. The molecule has 2 rings (SSSR count). The summed E-state index contributed by atoms with van der Waals surface area (Å²) in [6.45, 7) is 5.22. The molecule has 0 bridgehead atoms. The van der Waals surface area contributed by atoms with Gasteiger partial charge in [0, 0.05) is 12.1 Å². The maximum Gasteiger partial charge on any atom is 0.411 e. The number of halogens is 1. The number of nitrogens with one attached hydrogen (secondary N) is 1. The standard InChI is InChI=1S/C16H21FN2O4/c1-16(2,3)23-15(22)19-9-12(20)8-13(19)14(21)18-11-6-4-10(17)5-7-11/h4-7,12-13,20H,8-9H2,1-3H3,(H,18,21)/t12-,13+/m0/s1. The Hall–Kier alpha value is -2.15. The fourth-order valence-corrected chi connectivity index (χ4v) is 2.34. The molecule has 1 fully saturated rings. The molecule has 1 aromatic carbocycles. The molecule has 0 aliphatic carbocycles. The molecule has 7 heteroatoms. The Bertz CT molecular complexity index is 583. The minimum atomic E-state index is -0.829.